The maximum absolute atomic E-state index is 11.7. The summed E-state index contributed by atoms with van der Waals surface area (Å²) in [6.45, 7) is 0. The normalized spacial score (nSPS) is 11.1. The van der Waals surface area contributed by atoms with Gasteiger partial charge in [0.15, 0.2) is 9.84 Å². The third kappa shape index (κ3) is 4.36. The van der Waals surface area contributed by atoms with Gasteiger partial charge < -0.3 is 5.11 Å². The van der Waals surface area contributed by atoms with E-state index in [1.807, 2.05) is 0 Å². The number of benzene rings is 1. The topological polar surface area (TPSA) is 88.5 Å². The molecule has 0 bridgehead atoms. The van der Waals surface area contributed by atoms with E-state index in [0.717, 1.165) is 0 Å². The Labute approximate surface area is 99.0 Å². The van der Waals surface area contributed by atoms with Crippen LogP contribution < -0.4 is 0 Å². The van der Waals surface area contributed by atoms with Crippen LogP contribution in [0.15, 0.2) is 35.2 Å². The highest BCUT2D eigenvalue weighted by molar-refractivity contribution is 7.92. The molecular formula is C11H12O5S. The van der Waals surface area contributed by atoms with Crippen LogP contribution in [0.3, 0.4) is 0 Å². The van der Waals surface area contributed by atoms with E-state index < -0.39 is 27.3 Å². The second-order valence-electron chi connectivity index (χ2n) is 3.50. The molecule has 0 heterocycles. The monoisotopic (exact) mass is 256 g/mol. The van der Waals surface area contributed by atoms with E-state index in [1.165, 1.54) is 12.1 Å². The van der Waals surface area contributed by atoms with Crippen molar-refractivity contribution >= 4 is 21.6 Å². The Kier molecular flexibility index (Phi) is 4.39. The van der Waals surface area contributed by atoms with E-state index in [1.54, 1.807) is 18.2 Å². The van der Waals surface area contributed by atoms with Crippen LogP contribution in [0.5, 0.6) is 0 Å². The third-order valence-corrected chi connectivity index (χ3v) is 3.76. The summed E-state index contributed by atoms with van der Waals surface area (Å²) in [5, 5.41) is 8.38. The quantitative estimate of drug-likeness (QED) is 0.816. The number of hydrogen-bond donors (Lipinski definition) is 1. The van der Waals surface area contributed by atoms with E-state index in [2.05, 4.69) is 0 Å². The van der Waals surface area contributed by atoms with Gasteiger partial charge >= 0.3 is 5.97 Å². The largest absolute Gasteiger partial charge is 0.481 e. The lowest BCUT2D eigenvalue weighted by Crippen LogP contribution is -2.17. The van der Waals surface area contributed by atoms with Crippen molar-refractivity contribution in [2.75, 3.05) is 5.75 Å². The van der Waals surface area contributed by atoms with E-state index in [9.17, 15) is 18.0 Å². The van der Waals surface area contributed by atoms with Crippen LogP contribution in [0.4, 0.5) is 0 Å². The van der Waals surface area contributed by atoms with Crippen molar-refractivity contribution in [1.29, 1.82) is 0 Å². The summed E-state index contributed by atoms with van der Waals surface area (Å²) in [4.78, 5) is 21.6. The number of carbonyl (C=O) groups is 2. The number of carbonyl (C=O) groups excluding carboxylic acids is 1. The molecule has 1 rings (SSSR count). The van der Waals surface area contributed by atoms with Crippen molar-refractivity contribution in [2.24, 2.45) is 0 Å². The standard InChI is InChI=1S/C11H12O5S/c12-9(6-7-11(13)14)8-17(15,16)10-4-2-1-3-5-10/h1-5H,6-8H2,(H,13,14). The second kappa shape index (κ2) is 5.58. The van der Waals surface area contributed by atoms with Gasteiger partial charge in [-0.25, -0.2) is 8.42 Å². The van der Waals surface area contributed by atoms with Crippen LogP contribution in [0.1, 0.15) is 12.8 Å². The number of ketones is 1. The van der Waals surface area contributed by atoms with Gasteiger partial charge in [0, 0.05) is 6.42 Å². The van der Waals surface area contributed by atoms with E-state index in [-0.39, 0.29) is 17.7 Å². The Morgan fingerprint density at radius 1 is 1.06 bits per heavy atom. The van der Waals surface area contributed by atoms with Gasteiger partial charge in [0.1, 0.15) is 11.5 Å². The molecule has 0 atom stereocenters. The maximum Gasteiger partial charge on any atom is 0.303 e. The first-order chi connectivity index (χ1) is 7.92. The van der Waals surface area contributed by atoms with Crippen LogP contribution in [0, 0.1) is 0 Å². The van der Waals surface area contributed by atoms with Crippen molar-refractivity contribution in [3.05, 3.63) is 30.3 Å². The number of carboxylic acids is 1. The molecule has 0 spiro atoms. The summed E-state index contributed by atoms with van der Waals surface area (Å²) >= 11 is 0. The molecule has 1 N–H and O–H groups in total. The number of carboxylic acid groups (broad SMARTS) is 1. The van der Waals surface area contributed by atoms with Gasteiger partial charge in [-0.05, 0) is 12.1 Å². The number of aliphatic carboxylic acids is 1. The summed E-state index contributed by atoms with van der Waals surface area (Å²) in [6.07, 6.45) is -0.607. The molecule has 5 nitrogen and oxygen atoms in total. The zero-order valence-corrected chi connectivity index (χ0v) is 9.81. The van der Waals surface area contributed by atoms with Gasteiger partial charge in [-0.2, -0.15) is 0 Å². The van der Waals surface area contributed by atoms with Crippen molar-refractivity contribution in [3.63, 3.8) is 0 Å². The molecule has 0 fully saturated rings. The Hall–Kier alpha value is -1.69. The predicted octanol–water partition coefficient (Wildman–Crippen LogP) is 0.894. The lowest BCUT2D eigenvalue weighted by molar-refractivity contribution is -0.138. The van der Waals surface area contributed by atoms with Crippen LogP contribution in [-0.4, -0.2) is 31.0 Å². The minimum atomic E-state index is -3.65. The minimum absolute atomic E-state index is 0.0728. The lowest BCUT2D eigenvalue weighted by atomic mass is 10.2. The van der Waals surface area contributed by atoms with Gasteiger partial charge in [-0.3, -0.25) is 9.59 Å². The number of hydrogen-bond acceptors (Lipinski definition) is 4. The van der Waals surface area contributed by atoms with Gasteiger partial charge in [0.05, 0.1) is 11.3 Å². The molecule has 92 valence electrons. The number of rotatable bonds is 6. The average molecular weight is 256 g/mol. The van der Waals surface area contributed by atoms with Crippen molar-refractivity contribution in [1.82, 2.24) is 0 Å². The highest BCUT2D eigenvalue weighted by Crippen LogP contribution is 2.11. The van der Waals surface area contributed by atoms with Gasteiger partial charge in [0.25, 0.3) is 0 Å². The molecule has 0 amide bonds. The summed E-state index contributed by atoms with van der Waals surface area (Å²) in [5.41, 5.74) is 0. The van der Waals surface area contributed by atoms with E-state index >= 15 is 0 Å². The second-order valence-corrected chi connectivity index (χ2v) is 5.49. The Bertz CT molecular complexity index is 504. The third-order valence-electron chi connectivity index (χ3n) is 2.07. The lowest BCUT2D eigenvalue weighted by Gasteiger charge is -2.02. The van der Waals surface area contributed by atoms with E-state index in [0.29, 0.717) is 0 Å². The molecule has 17 heavy (non-hydrogen) atoms. The summed E-state index contributed by atoms with van der Waals surface area (Å²) in [7, 11) is -3.65. The smallest absolute Gasteiger partial charge is 0.303 e. The average Bonchev–Trinajstić information content (AvgIpc) is 2.27. The first-order valence-corrected chi connectivity index (χ1v) is 6.58. The van der Waals surface area contributed by atoms with Crippen LogP contribution in [-0.2, 0) is 19.4 Å². The molecule has 0 radical (unpaired) electrons. The molecule has 0 aliphatic carbocycles. The van der Waals surface area contributed by atoms with Gasteiger partial charge in [0.2, 0.25) is 0 Å². The maximum atomic E-state index is 11.7. The Morgan fingerprint density at radius 3 is 2.18 bits per heavy atom. The molecule has 6 heteroatoms. The number of Topliss-reactive ketones (excluding diaryl/α,β-unsaturated/α-hetero) is 1. The fourth-order valence-corrected chi connectivity index (χ4v) is 2.55. The molecular weight excluding hydrogens is 244 g/mol. The highest BCUT2D eigenvalue weighted by Gasteiger charge is 2.19. The minimum Gasteiger partial charge on any atom is -0.481 e. The highest BCUT2D eigenvalue weighted by atomic mass is 32.2. The summed E-state index contributed by atoms with van der Waals surface area (Å²) in [5.74, 6) is -2.35. The zero-order valence-electron chi connectivity index (χ0n) is 9.00. The molecule has 0 saturated carbocycles. The molecule has 0 unspecified atom stereocenters. The molecule has 1 aromatic carbocycles. The summed E-state index contributed by atoms with van der Waals surface area (Å²) in [6, 6.07) is 7.61. The molecule has 1 aromatic rings. The first kappa shape index (κ1) is 13.4. The van der Waals surface area contributed by atoms with Gasteiger partial charge in [-0.15, -0.1) is 0 Å². The summed E-state index contributed by atoms with van der Waals surface area (Å²) < 4.78 is 23.4. The van der Waals surface area contributed by atoms with Gasteiger partial charge in [-0.1, -0.05) is 18.2 Å². The fourth-order valence-electron chi connectivity index (χ4n) is 1.24. The van der Waals surface area contributed by atoms with E-state index in [4.69, 9.17) is 5.11 Å². The molecule has 0 aliphatic heterocycles. The first-order valence-electron chi connectivity index (χ1n) is 4.93. The fraction of sp³-hybridized carbons (Fsp3) is 0.273. The SMILES string of the molecule is O=C(O)CCC(=O)CS(=O)(=O)c1ccccc1. The van der Waals surface area contributed by atoms with Crippen LogP contribution >= 0.6 is 0 Å². The zero-order chi connectivity index (χ0) is 12.9. The van der Waals surface area contributed by atoms with Crippen molar-refractivity contribution in [3.8, 4) is 0 Å². The Balaban J connectivity index is 2.68. The van der Waals surface area contributed by atoms with Crippen LogP contribution in [0.2, 0.25) is 0 Å². The molecule has 0 aromatic heterocycles. The van der Waals surface area contributed by atoms with Crippen molar-refractivity contribution < 1.29 is 23.1 Å². The predicted molar refractivity (Wildman–Crippen MR) is 60.4 cm³/mol. The van der Waals surface area contributed by atoms with Crippen LogP contribution in [0.25, 0.3) is 0 Å². The number of sulfone groups is 1. The van der Waals surface area contributed by atoms with Crippen molar-refractivity contribution in [2.45, 2.75) is 17.7 Å². The Morgan fingerprint density at radius 2 is 1.65 bits per heavy atom. The molecule has 0 saturated heterocycles. The molecule has 0 aliphatic rings.